The van der Waals surface area contributed by atoms with Gasteiger partial charge in [-0.05, 0) is 36.4 Å². The van der Waals surface area contributed by atoms with E-state index in [1.54, 1.807) is 48.5 Å². The summed E-state index contributed by atoms with van der Waals surface area (Å²) in [5, 5.41) is 28.1. The molecule has 1 aromatic heterocycles. The highest BCUT2D eigenvalue weighted by molar-refractivity contribution is 6.33. The van der Waals surface area contributed by atoms with Crippen molar-refractivity contribution in [1.29, 1.82) is 0 Å². The highest BCUT2D eigenvalue weighted by Gasteiger charge is 2.21. The zero-order valence-corrected chi connectivity index (χ0v) is 22.1. The van der Waals surface area contributed by atoms with Gasteiger partial charge in [0.2, 0.25) is 5.78 Å². The molecule has 0 fully saturated rings. The second-order valence-corrected chi connectivity index (χ2v) is 9.32. The van der Waals surface area contributed by atoms with E-state index in [4.69, 9.17) is 9.97 Å². The maximum absolute atomic E-state index is 11.9. The first kappa shape index (κ1) is 28.2. The Bertz CT molecular complexity index is 1900. The van der Waals surface area contributed by atoms with Crippen LogP contribution < -0.4 is 0 Å². The number of nitrogens with zero attached hydrogens (tertiary/aromatic N) is 2. The molecule has 4 aromatic carbocycles. The lowest BCUT2D eigenvalue weighted by Gasteiger charge is -2.16. The summed E-state index contributed by atoms with van der Waals surface area (Å²) < 4.78 is 0. The predicted octanol–water partition coefficient (Wildman–Crippen LogP) is 5.62. The van der Waals surface area contributed by atoms with Crippen molar-refractivity contribution < 1.29 is 39.3 Å². The van der Waals surface area contributed by atoms with Crippen LogP contribution in [0.1, 0.15) is 41.4 Å². The smallest absolute Gasteiger partial charge is 0.335 e. The second kappa shape index (κ2) is 11.7. The first-order valence-corrected chi connectivity index (χ1v) is 12.7. The minimum atomic E-state index is -1.10. The summed E-state index contributed by atoms with van der Waals surface area (Å²) in [4.78, 5) is 67.2. The van der Waals surface area contributed by atoms with Gasteiger partial charge in [-0.25, -0.2) is 24.4 Å². The van der Waals surface area contributed by atoms with Gasteiger partial charge in [0.1, 0.15) is 0 Å². The van der Waals surface area contributed by atoms with Gasteiger partial charge in [-0.1, -0.05) is 60.7 Å². The fraction of sp³-hybridized carbons (Fsp3) is 0. The molecule has 0 bridgehead atoms. The van der Waals surface area contributed by atoms with E-state index >= 15 is 0 Å². The number of hydrogen-bond donors (Lipinski definition) is 3. The lowest BCUT2D eigenvalue weighted by molar-refractivity contribution is -0.104. The van der Waals surface area contributed by atoms with E-state index in [2.05, 4.69) is 0 Å². The molecule has 5 aromatic rings. The molecule has 5 rings (SSSR count). The van der Waals surface area contributed by atoms with Gasteiger partial charge in [-0.2, -0.15) is 0 Å². The summed E-state index contributed by atoms with van der Waals surface area (Å²) in [6.07, 6.45) is 0.216. The Morgan fingerprint density at radius 1 is 0.419 bits per heavy atom. The molecule has 0 saturated carbocycles. The Balaban J connectivity index is 1.79. The zero-order valence-electron chi connectivity index (χ0n) is 22.1. The third-order valence-corrected chi connectivity index (χ3v) is 6.66. The lowest BCUT2D eigenvalue weighted by atomic mass is 9.97. The van der Waals surface area contributed by atoms with Crippen molar-refractivity contribution in [3.63, 3.8) is 0 Å². The van der Waals surface area contributed by atoms with Crippen LogP contribution in [0.2, 0.25) is 0 Å². The third kappa shape index (κ3) is 5.79. The number of carbonyl (C=O) groups is 5. The first-order valence-electron chi connectivity index (χ1n) is 12.7. The topological polar surface area (TPSA) is 172 Å². The highest BCUT2D eigenvalue weighted by atomic mass is 16.4. The number of aromatic nitrogens is 2. The Morgan fingerprint density at radius 3 is 0.860 bits per heavy atom. The SMILES string of the molecule is O=CC(=O)c1ccc(-c2nc(-c3ccc(C(=O)O)cc3)c(-c3ccc(C(=O)O)cc3)nc2-c2ccc(C(=O)O)cc2)cc1. The van der Waals surface area contributed by atoms with Crippen LogP contribution in [0, 0.1) is 0 Å². The number of carboxylic acid groups (broad SMARTS) is 3. The average molecular weight is 573 g/mol. The van der Waals surface area contributed by atoms with Crippen LogP contribution in [0.15, 0.2) is 97.1 Å². The van der Waals surface area contributed by atoms with E-state index < -0.39 is 23.7 Å². The van der Waals surface area contributed by atoms with Crippen LogP contribution in [-0.2, 0) is 4.79 Å². The summed E-state index contributed by atoms with van der Waals surface area (Å²) in [6, 6.07) is 24.2. The number of Topliss-reactive ketones (excluding diaryl/α,β-unsaturated/α-hetero) is 1. The van der Waals surface area contributed by atoms with Crippen molar-refractivity contribution in [2.75, 3.05) is 0 Å². The number of ketones is 1. The number of carbonyl (C=O) groups excluding carboxylic acids is 2. The molecule has 0 amide bonds. The van der Waals surface area contributed by atoms with E-state index in [9.17, 15) is 39.3 Å². The maximum atomic E-state index is 11.9. The summed E-state index contributed by atoms with van der Waals surface area (Å²) in [7, 11) is 0. The third-order valence-electron chi connectivity index (χ3n) is 6.66. The fourth-order valence-corrected chi connectivity index (χ4v) is 4.41. The fourth-order valence-electron chi connectivity index (χ4n) is 4.41. The summed E-state index contributed by atoms with van der Waals surface area (Å²) >= 11 is 0. The number of hydrogen-bond acceptors (Lipinski definition) is 7. The quantitative estimate of drug-likeness (QED) is 0.114. The maximum Gasteiger partial charge on any atom is 0.335 e. The molecule has 0 atom stereocenters. The molecule has 210 valence electrons. The van der Waals surface area contributed by atoms with Crippen LogP contribution in [-0.4, -0.2) is 55.3 Å². The summed E-state index contributed by atoms with van der Waals surface area (Å²) in [5.74, 6) is -4.00. The summed E-state index contributed by atoms with van der Waals surface area (Å²) in [6.45, 7) is 0. The molecule has 10 nitrogen and oxygen atoms in total. The van der Waals surface area contributed by atoms with E-state index in [0.717, 1.165) is 0 Å². The molecule has 0 radical (unpaired) electrons. The summed E-state index contributed by atoms with van der Waals surface area (Å²) in [5.41, 5.74) is 3.90. The number of rotatable bonds is 9. The van der Waals surface area contributed by atoms with Crippen LogP contribution in [0.5, 0.6) is 0 Å². The van der Waals surface area contributed by atoms with Crippen molar-refractivity contribution in [2.45, 2.75) is 0 Å². The largest absolute Gasteiger partial charge is 0.478 e. The minimum absolute atomic E-state index is 0.0645. The van der Waals surface area contributed by atoms with E-state index in [1.807, 2.05) is 0 Å². The Kier molecular flexibility index (Phi) is 7.67. The van der Waals surface area contributed by atoms with Gasteiger partial charge < -0.3 is 15.3 Å². The van der Waals surface area contributed by atoms with Crippen LogP contribution in [0.3, 0.4) is 0 Å². The molecule has 0 unspecified atom stereocenters. The van der Waals surface area contributed by atoms with Gasteiger partial charge in [0.05, 0.1) is 39.5 Å². The molecule has 0 spiro atoms. The van der Waals surface area contributed by atoms with Crippen molar-refractivity contribution in [2.24, 2.45) is 0 Å². The first-order chi connectivity index (χ1) is 20.7. The van der Waals surface area contributed by atoms with Gasteiger partial charge in [0.15, 0.2) is 6.29 Å². The Morgan fingerprint density at radius 2 is 0.651 bits per heavy atom. The number of aromatic carboxylic acids is 3. The second-order valence-electron chi connectivity index (χ2n) is 9.32. The minimum Gasteiger partial charge on any atom is -0.478 e. The average Bonchev–Trinajstić information content (AvgIpc) is 3.04. The monoisotopic (exact) mass is 572 g/mol. The van der Waals surface area contributed by atoms with Gasteiger partial charge in [0, 0.05) is 27.8 Å². The Hall–Kier alpha value is -6.29. The molecule has 0 saturated heterocycles. The van der Waals surface area contributed by atoms with Crippen molar-refractivity contribution in [3.05, 3.63) is 119 Å². The van der Waals surface area contributed by atoms with Crippen molar-refractivity contribution in [3.8, 4) is 45.0 Å². The van der Waals surface area contributed by atoms with Gasteiger partial charge >= 0.3 is 17.9 Å². The predicted molar refractivity (Wildman–Crippen MR) is 155 cm³/mol. The van der Waals surface area contributed by atoms with Crippen LogP contribution >= 0.6 is 0 Å². The van der Waals surface area contributed by atoms with Crippen molar-refractivity contribution in [1.82, 2.24) is 9.97 Å². The molecule has 3 N–H and O–H groups in total. The zero-order chi connectivity index (χ0) is 30.7. The van der Waals surface area contributed by atoms with E-state index in [0.29, 0.717) is 45.0 Å². The van der Waals surface area contributed by atoms with Crippen LogP contribution in [0.4, 0.5) is 0 Å². The Labute approximate surface area is 243 Å². The molecule has 43 heavy (non-hydrogen) atoms. The number of benzene rings is 4. The van der Waals surface area contributed by atoms with E-state index in [1.165, 1.54) is 48.5 Å². The molecular weight excluding hydrogens is 552 g/mol. The van der Waals surface area contributed by atoms with Crippen molar-refractivity contribution >= 4 is 30.0 Å². The molecule has 1 heterocycles. The lowest BCUT2D eigenvalue weighted by Crippen LogP contribution is -2.03. The number of aldehydes is 1. The van der Waals surface area contributed by atoms with Crippen LogP contribution in [0.25, 0.3) is 45.0 Å². The van der Waals surface area contributed by atoms with Gasteiger partial charge in [-0.15, -0.1) is 0 Å². The highest BCUT2D eigenvalue weighted by Crippen LogP contribution is 2.37. The molecule has 10 heteroatoms. The standard InChI is InChI=1S/C33H20N2O8/c36-17-26(37)18-1-3-19(4-2-18)27-28(20-5-11-23(12-6-20)31(38)39)35-30(22-9-15-25(16-10-22)33(42)43)29(34-27)21-7-13-24(14-8-21)32(40)41/h1-17H,(H,38,39)(H,40,41)(H,42,43). The van der Waals surface area contributed by atoms with Gasteiger partial charge in [-0.3, -0.25) is 9.59 Å². The normalized spacial score (nSPS) is 10.6. The molecule has 0 aliphatic heterocycles. The molecule has 0 aliphatic carbocycles. The number of carboxylic acids is 3. The van der Waals surface area contributed by atoms with E-state index in [-0.39, 0.29) is 28.5 Å². The van der Waals surface area contributed by atoms with Gasteiger partial charge in [0.25, 0.3) is 0 Å². The molecular formula is C33H20N2O8. The molecule has 0 aliphatic rings.